The van der Waals surface area contributed by atoms with E-state index in [1.165, 1.54) is 12.1 Å². The van der Waals surface area contributed by atoms with Gasteiger partial charge in [-0.15, -0.1) is 0 Å². The van der Waals surface area contributed by atoms with Gasteiger partial charge in [-0.1, -0.05) is 52.2 Å². The molecule has 0 aromatic heterocycles. The molecule has 3 nitrogen and oxygen atoms in total. The van der Waals surface area contributed by atoms with Crippen molar-refractivity contribution in [3.05, 3.63) is 68.7 Å². The first-order valence-electron chi connectivity index (χ1n) is 9.87. The monoisotopic (exact) mass is 500 g/mol. The highest BCUT2D eigenvalue weighted by molar-refractivity contribution is 9.10. The Bertz CT molecular complexity index is 964. The molecule has 2 aromatic carbocycles. The Morgan fingerprint density at radius 1 is 1.27 bits per heavy atom. The van der Waals surface area contributed by atoms with Crippen molar-refractivity contribution in [1.29, 1.82) is 0 Å². The first-order chi connectivity index (χ1) is 14.2. The average molecular weight is 502 g/mol. The van der Waals surface area contributed by atoms with E-state index >= 15 is 0 Å². The maximum absolute atomic E-state index is 13.2. The number of halogens is 5. The van der Waals surface area contributed by atoms with Crippen molar-refractivity contribution in [1.82, 2.24) is 10.6 Å². The van der Waals surface area contributed by atoms with Crippen LogP contribution in [0.3, 0.4) is 0 Å². The van der Waals surface area contributed by atoms with Crippen molar-refractivity contribution in [3.63, 3.8) is 0 Å². The van der Waals surface area contributed by atoms with Crippen LogP contribution in [0.15, 0.2) is 46.9 Å². The highest BCUT2D eigenvalue weighted by Crippen LogP contribution is 2.45. The quantitative estimate of drug-likeness (QED) is 0.530. The van der Waals surface area contributed by atoms with E-state index in [0.717, 1.165) is 48.3 Å². The molecule has 30 heavy (non-hydrogen) atoms. The van der Waals surface area contributed by atoms with E-state index in [1.807, 2.05) is 24.3 Å². The van der Waals surface area contributed by atoms with Crippen LogP contribution in [0.25, 0.3) is 0 Å². The molecule has 1 saturated heterocycles. The SMILES string of the molecule is O=C(NC(c1cccc(Br)c1)C12CCCC(CN1)C2)c1cccc(C(F)(F)F)c1Cl. The topological polar surface area (TPSA) is 41.1 Å². The molecule has 2 N–H and O–H groups in total. The maximum Gasteiger partial charge on any atom is 0.417 e. The lowest BCUT2D eigenvalue weighted by Gasteiger charge is -2.41. The standard InChI is InChI=1S/C22H21BrClF3N2O/c23-15-6-1-5-14(10-15)19(21-9-3-4-13(11-21)12-28-21)29-20(30)16-7-2-8-17(18(16)24)22(25,26)27/h1-2,5-8,10,13,19,28H,3-4,9,11-12H2,(H,29,30). The van der Waals surface area contributed by atoms with Crippen LogP contribution < -0.4 is 10.6 Å². The Balaban J connectivity index is 1.70. The lowest BCUT2D eigenvalue weighted by atomic mass is 9.73. The molecular formula is C22H21BrClF3N2O. The molecule has 3 atom stereocenters. The van der Waals surface area contributed by atoms with Gasteiger partial charge in [-0.2, -0.15) is 13.2 Å². The average Bonchev–Trinajstić information content (AvgIpc) is 2.99. The van der Waals surface area contributed by atoms with Crippen molar-refractivity contribution < 1.29 is 18.0 Å². The smallest absolute Gasteiger partial charge is 0.343 e. The maximum atomic E-state index is 13.2. The van der Waals surface area contributed by atoms with E-state index in [-0.39, 0.29) is 11.1 Å². The molecule has 160 valence electrons. The molecule has 1 heterocycles. The Kier molecular flexibility index (Phi) is 5.90. The molecule has 1 aliphatic carbocycles. The van der Waals surface area contributed by atoms with Crippen LogP contribution in [-0.4, -0.2) is 18.0 Å². The van der Waals surface area contributed by atoms with Crippen molar-refractivity contribution >= 4 is 33.4 Å². The zero-order valence-electron chi connectivity index (χ0n) is 16.0. The van der Waals surface area contributed by atoms with Crippen molar-refractivity contribution in [2.24, 2.45) is 5.92 Å². The number of amides is 1. The highest BCUT2D eigenvalue weighted by Gasteiger charge is 2.48. The van der Waals surface area contributed by atoms with Gasteiger partial charge in [-0.25, -0.2) is 0 Å². The number of carbonyl (C=O) groups is 1. The fourth-order valence-electron chi connectivity index (χ4n) is 4.83. The predicted molar refractivity (Wildman–Crippen MR) is 113 cm³/mol. The minimum atomic E-state index is -4.63. The first-order valence-corrected chi connectivity index (χ1v) is 11.0. The highest BCUT2D eigenvalue weighted by atomic mass is 79.9. The third-order valence-corrected chi connectivity index (χ3v) is 7.09. The van der Waals surface area contributed by atoms with E-state index in [4.69, 9.17) is 11.6 Å². The summed E-state index contributed by atoms with van der Waals surface area (Å²) in [6.45, 7) is 0.880. The van der Waals surface area contributed by atoms with Crippen LogP contribution >= 0.6 is 27.5 Å². The van der Waals surface area contributed by atoms with Crippen LogP contribution in [-0.2, 0) is 6.18 Å². The summed E-state index contributed by atoms with van der Waals surface area (Å²) in [6, 6.07) is 10.7. The van der Waals surface area contributed by atoms with Crippen molar-refractivity contribution in [2.75, 3.05) is 6.54 Å². The molecule has 2 aliphatic rings. The van der Waals surface area contributed by atoms with Gasteiger partial charge in [0.25, 0.3) is 5.91 Å². The molecule has 2 aromatic rings. The second-order valence-electron chi connectivity index (χ2n) is 8.13. The Morgan fingerprint density at radius 2 is 2.03 bits per heavy atom. The van der Waals surface area contributed by atoms with Gasteiger partial charge < -0.3 is 10.6 Å². The van der Waals surface area contributed by atoms with Gasteiger partial charge in [0, 0.05) is 10.0 Å². The van der Waals surface area contributed by atoms with Gasteiger partial charge in [-0.3, -0.25) is 4.79 Å². The molecule has 2 fully saturated rings. The van der Waals surface area contributed by atoms with Crippen LogP contribution in [0.1, 0.15) is 53.2 Å². The van der Waals surface area contributed by atoms with E-state index in [2.05, 4.69) is 26.6 Å². The Labute approximate surface area is 186 Å². The first kappa shape index (κ1) is 21.7. The number of rotatable bonds is 4. The zero-order valence-corrected chi connectivity index (χ0v) is 18.4. The summed E-state index contributed by atoms with van der Waals surface area (Å²) in [5.74, 6) is -0.0660. The summed E-state index contributed by atoms with van der Waals surface area (Å²) in [5, 5.41) is 6.05. The van der Waals surface area contributed by atoms with Gasteiger partial charge in [0.2, 0.25) is 0 Å². The van der Waals surface area contributed by atoms with Crippen LogP contribution in [0, 0.1) is 5.92 Å². The fourth-order valence-corrected chi connectivity index (χ4v) is 5.57. The minimum Gasteiger partial charge on any atom is -0.343 e. The number of carbonyl (C=O) groups excluding carboxylic acids is 1. The summed E-state index contributed by atoms with van der Waals surface area (Å²) >= 11 is 9.48. The van der Waals surface area contributed by atoms with E-state index in [9.17, 15) is 18.0 Å². The number of fused-ring (bicyclic) bond motifs is 2. The molecule has 1 amide bonds. The summed E-state index contributed by atoms with van der Waals surface area (Å²) in [7, 11) is 0. The largest absolute Gasteiger partial charge is 0.417 e. The zero-order chi connectivity index (χ0) is 21.5. The third-order valence-electron chi connectivity index (χ3n) is 6.19. The summed E-state index contributed by atoms with van der Waals surface area (Å²) < 4.78 is 40.6. The number of benzene rings is 2. The molecule has 3 unspecified atom stereocenters. The van der Waals surface area contributed by atoms with Crippen LogP contribution in [0.5, 0.6) is 0 Å². The number of alkyl halides is 3. The number of hydrogen-bond acceptors (Lipinski definition) is 2. The summed E-state index contributed by atoms with van der Waals surface area (Å²) in [5.41, 5.74) is -0.608. The molecule has 1 aliphatic heterocycles. The third kappa shape index (κ3) is 4.12. The Hall–Kier alpha value is -1.57. The molecule has 0 spiro atoms. The number of nitrogens with one attached hydrogen (secondary N) is 2. The van der Waals surface area contributed by atoms with Gasteiger partial charge >= 0.3 is 6.18 Å². The molecule has 0 radical (unpaired) electrons. The molecule has 2 bridgehead atoms. The van der Waals surface area contributed by atoms with E-state index < -0.39 is 28.7 Å². The second kappa shape index (κ2) is 8.17. The molecule has 8 heteroatoms. The van der Waals surface area contributed by atoms with Crippen molar-refractivity contribution in [3.8, 4) is 0 Å². The number of hydrogen-bond donors (Lipinski definition) is 2. The van der Waals surface area contributed by atoms with E-state index in [1.54, 1.807) is 0 Å². The lowest BCUT2D eigenvalue weighted by Crippen LogP contribution is -2.52. The normalized spacial score (nSPS) is 24.5. The lowest BCUT2D eigenvalue weighted by molar-refractivity contribution is -0.137. The van der Waals surface area contributed by atoms with Gasteiger partial charge in [0.15, 0.2) is 0 Å². The summed E-state index contributed by atoms with van der Waals surface area (Å²) in [6.07, 6.45) is -0.632. The van der Waals surface area contributed by atoms with Gasteiger partial charge in [0.1, 0.15) is 0 Å². The van der Waals surface area contributed by atoms with E-state index in [0.29, 0.717) is 5.92 Å². The predicted octanol–water partition coefficient (Wildman–Crippen LogP) is 6.12. The summed E-state index contributed by atoms with van der Waals surface area (Å²) in [4.78, 5) is 13.1. The van der Waals surface area contributed by atoms with Crippen LogP contribution in [0.2, 0.25) is 5.02 Å². The molecular weight excluding hydrogens is 481 g/mol. The van der Waals surface area contributed by atoms with Crippen LogP contribution in [0.4, 0.5) is 13.2 Å². The van der Waals surface area contributed by atoms with Crippen molar-refractivity contribution in [2.45, 2.75) is 43.4 Å². The van der Waals surface area contributed by atoms with Gasteiger partial charge in [-0.05, 0) is 61.6 Å². The van der Waals surface area contributed by atoms with Gasteiger partial charge in [0.05, 0.1) is 22.2 Å². The fraction of sp³-hybridized carbons (Fsp3) is 0.409. The Morgan fingerprint density at radius 3 is 2.77 bits per heavy atom. The molecule has 4 rings (SSSR count). The molecule has 1 saturated carbocycles. The second-order valence-corrected chi connectivity index (χ2v) is 9.42. The minimum absolute atomic E-state index is 0.173.